The Kier molecular flexibility index (Phi) is 5.57. The Morgan fingerprint density at radius 1 is 0.300 bits per heavy atom. The molecular weight excluding hydrogens is 729 g/mol. The quantitative estimate of drug-likeness (QED) is 0.167. The van der Waals surface area contributed by atoms with Crippen LogP contribution in [0.25, 0.3) is 131 Å². The van der Waals surface area contributed by atoms with Crippen molar-refractivity contribution < 1.29 is 19.8 Å². The van der Waals surface area contributed by atoms with Crippen molar-refractivity contribution in [1.29, 1.82) is 0 Å². The minimum Gasteiger partial charge on any atom is -0.456 e. The lowest BCUT2D eigenvalue weighted by Crippen LogP contribution is -1.91. The molecule has 0 atom stereocenters. The molecule has 0 amide bonds. The Bertz CT molecular complexity index is 4280. The van der Waals surface area contributed by atoms with E-state index in [2.05, 4.69) is 48.5 Å². The molecule has 0 aliphatic rings. The zero-order valence-electron chi connectivity index (χ0n) is 39.8. The van der Waals surface area contributed by atoms with Crippen molar-refractivity contribution in [2.24, 2.45) is 0 Å². The second-order valence-corrected chi connectivity index (χ2v) is 15.4. The van der Waals surface area contributed by atoms with Gasteiger partial charge in [-0.05, 0) is 130 Å². The van der Waals surface area contributed by atoms with Crippen LogP contribution in [0, 0.1) is 0 Å². The summed E-state index contributed by atoms with van der Waals surface area (Å²) in [6.45, 7) is 0. The molecule has 13 aromatic rings. The Morgan fingerprint density at radius 2 is 0.833 bits per heavy atom. The highest BCUT2D eigenvalue weighted by molar-refractivity contribution is 6.26. The molecule has 60 heavy (non-hydrogen) atoms. The van der Waals surface area contributed by atoms with Gasteiger partial charge in [0.05, 0.1) is 11.0 Å². The number of fused-ring (bicyclic) bond motifs is 11. The Labute approximate surface area is 356 Å². The smallest absolute Gasteiger partial charge is 0.136 e. The molecule has 0 bridgehead atoms. The van der Waals surface area contributed by atoms with Crippen LogP contribution in [0.1, 0.15) is 11.0 Å². The predicted octanol–water partition coefficient (Wildman–Crippen LogP) is 16.8. The molecule has 11 aromatic carbocycles. The van der Waals surface area contributed by atoms with Gasteiger partial charge in [0, 0.05) is 21.5 Å². The molecule has 0 aliphatic heterocycles. The van der Waals surface area contributed by atoms with E-state index in [9.17, 15) is 5.48 Å². The van der Waals surface area contributed by atoms with E-state index < -0.39 is 24.2 Å². The lowest BCUT2D eigenvalue weighted by Gasteiger charge is -2.18. The molecule has 0 fully saturated rings. The SMILES string of the molecule is [2H]c1c([2H])c([2H])c2c(-c3ccc4c(-c5ccc6c(c5)oc5ccc7oc8ccccc8c7c56)cccc4c3)c3c([2H])c([2H])c([2H])c([2H])c3c(-c3ccc(-c4ccc5ccccc5c4)cc3)c2c1[2H]. The summed E-state index contributed by atoms with van der Waals surface area (Å²) in [6, 6.07) is 48.9. The van der Waals surface area contributed by atoms with E-state index in [0.717, 1.165) is 87.7 Å². The van der Waals surface area contributed by atoms with E-state index in [1.807, 2.05) is 109 Å². The normalized spacial score (nSPS) is 13.9. The van der Waals surface area contributed by atoms with Crippen LogP contribution in [0.15, 0.2) is 215 Å². The van der Waals surface area contributed by atoms with Crippen LogP contribution in [-0.4, -0.2) is 0 Å². The van der Waals surface area contributed by atoms with Gasteiger partial charge in [-0.25, -0.2) is 0 Å². The zero-order valence-corrected chi connectivity index (χ0v) is 31.8. The molecule has 0 aliphatic carbocycles. The first-order valence-corrected chi connectivity index (χ1v) is 19.9. The second-order valence-electron chi connectivity index (χ2n) is 15.4. The fourth-order valence-corrected chi connectivity index (χ4v) is 9.34. The van der Waals surface area contributed by atoms with Crippen molar-refractivity contribution >= 4 is 87.0 Å². The van der Waals surface area contributed by atoms with Gasteiger partial charge in [-0.2, -0.15) is 0 Å². The highest BCUT2D eigenvalue weighted by Gasteiger charge is 2.19. The molecule has 0 spiro atoms. The number of benzene rings is 11. The molecule has 2 nitrogen and oxygen atoms in total. The zero-order chi connectivity index (χ0) is 46.3. The summed E-state index contributed by atoms with van der Waals surface area (Å²) in [5, 5.41) is 8.66. The van der Waals surface area contributed by atoms with Crippen LogP contribution in [0.4, 0.5) is 0 Å². The van der Waals surface area contributed by atoms with Crippen LogP contribution in [-0.2, 0) is 0 Å². The molecule has 2 aromatic heterocycles. The summed E-state index contributed by atoms with van der Waals surface area (Å²) in [5.74, 6) is 0. The summed E-state index contributed by atoms with van der Waals surface area (Å²) < 4.78 is 86.2. The molecule has 0 unspecified atom stereocenters. The van der Waals surface area contributed by atoms with Gasteiger partial charge in [-0.1, -0.05) is 164 Å². The van der Waals surface area contributed by atoms with Crippen LogP contribution >= 0.6 is 0 Å². The van der Waals surface area contributed by atoms with Gasteiger partial charge in [-0.15, -0.1) is 0 Å². The van der Waals surface area contributed by atoms with Crippen molar-refractivity contribution in [1.82, 2.24) is 0 Å². The van der Waals surface area contributed by atoms with Gasteiger partial charge >= 0.3 is 0 Å². The first-order chi connectivity index (χ1) is 33.0. The highest BCUT2D eigenvalue weighted by Crippen LogP contribution is 2.46. The van der Waals surface area contributed by atoms with Crippen molar-refractivity contribution in [3.63, 3.8) is 0 Å². The fourth-order valence-electron chi connectivity index (χ4n) is 9.34. The maximum Gasteiger partial charge on any atom is 0.136 e. The largest absolute Gasteiger partial charge is 0.456 e. The van der Waals surface area contributed by atoms with Crippen molar-refractivity contribution in [3.05, 3.63) is 206 Å². The molecule has 0 N–H and O–H groups in total. The van der Waals surface area contributed by atoms with Gasteiger partial charge in [0.2, 0.25) is 0 Å². The van der Waals surface area contributed by atoms with E-state index in [0.29, 0.717) is 22.3 Å². The van der Waals surface area contributed by atoms with E-state index in [4.69, 9.17) is 14.3 Å². The van der Waals surface area contributed by atoms with Gasteiger partial charge in [0.15, 0.2) is 0 Å². The van der Waals surface area contributed by atoms with Crippen molar-refractivity contribution in [2.45, 2.75) is 0 Å². The number of furan rings is 2. The van der Waals surface area contributed by atoms with Gasteiger partial charge in [-0.3, -0.25) is 0 Å². The lowest BCUT2D eigenvalue weighted by atomic mass is 9.85. The van der Waals surface area contributed by atoms with E-state index in [-0.39, 0.29) is 45.7 Å². The van der Waals surface area contributed by atoms with Crippen LogP contribution < -0.4 is 0 Å². The molecule has 0 saturated carbocycles. The number of rotatable bonds is 4. The first-order valence-electron chi connectivity index (χ1n) is 23.9. The summed E-state index contributed by atoms with van der Waals surface area (Å²) in [4.78, 5) is 0. The third-order valence-electron chi connectivity index (χ3n) is 12.1. The van der Waals surface area contributed by atoms with E-state index in [1.54, 1.807) is 0 Å². The average Bonchev–Trinajstić information content (AvgIpc) is 3.95. The van der Waals surface area contributed by atoms with Crippen LogP contribution in [0.3, 0.4) is 0 Å². The third kappa shape index (κ3) is 4.95. The Morgan fingerprint density at radius 3 is 1.58 bits per heavy atom. The minimum absolute atomic E-state index is 0.174. The maximum atomic E-state index is 9.48. The molecular formula is C58H34O2. The summed E-state index contributed by atoms with van der Waals surface area (Å²) in [7, 11) is 0. The summed E-state index contributed by atoms with van der Waals surface area (Å²) >= 11 is 0. The van der Waals surface area contributed by atoms with E-state index >= 15 is 0 Å². The van der Waals surface area contributed by atoms with Crippen molar-refractivity contribution in [3.8, 4) is 44.5 Å². The maximum absolute atomic E-state index is 9.48. The summed E-state index contributed by atoms with van der Waals surface area (Å²) in [6.07, 6.45) is 0. The highest BCUT2D eigenvalue weighted by atomic mass is 16.3. The molecule has 13 rings (SSSR count). The van der Waals surface area contributed by atoms with Crippen LogP contribution in [0.5, 0.6) is 0 Å². The fraction of sp³-hybridized carbons (Fsp3) is 0. The lowest BCUT2D eigenvalue weighted by molar-refractivity contribution is 0.663. The molecule has 2 heterocycles. The topological polar surface area (TPSA) is 26.3 Å². The predicted molar refractivity (Wildman–Crippen MR) is 253 cm³/mol. The minimum atomic E-state index is -0.438. The average molecular weight is 771 g/mol. The monoisotopic (exact) mass is 770 g/mol. The molecule has 0 radical (unpaired) electrons. The third-order valence-corrected chi connectivity index (χ3v) is 12.1. The Balaban J connectivity index is 1.02. The van der Waals surface area contributed by atoms with E-state index in [1.165, 1.54) is 0 Å². The molecule has 0 saturated heterocycles. The standard InChI is InChI=1S/C58H34O2/c1-2-11-38-32-39(25-22-35(38)10-1)36-20-23-37(24-21-36)55-45-13-3-5-15-47(45)56(48-16-6-4-14-46(48)55)42-27-28-44-40(33-42)12-9-18-43(44)41-26-29-50-54(34-41)60-53-31-30-52-57(58(50)53)49-17-7-8-19-51(49)59-52/h1-34H/i3D,4D,5D,6D,13D,14D,15D,16D. The number of hydrogen-bond donors (Lipinski definition) is 0. The molecule has 278 valence electrons. The summed E-state index contributed by atoms with van der Waals surface area (Å²) in [5.41, 5.74) is 8.60. The first kappa shape index (κ1) is 26.1. The second kappa shape index (κ2) is 12.8. The van der Waals surface area contributed by atoms with Gasteiger partial charge in [0.25, 0.3) is 0 Å². The number of hydrogen-bond acceptors (Lipinski definition) is 2. The van der Waals surface area contributed by atoms with Gasteiger partial charge in [0.1, 0.15) is 22.3 Å². The van der Waals surface area contributed by atoms with Gasteiger partial charge < -0.3 is 8.83 Å². The Hall–Kier alpha value is -7.94. The molecule has 2 heteroatoms. The number of para-hydroxylation sites is 1. The van der Waals surface area contributed by atoms with Crippen molar-refractivity contribution in [2.75, 3.05) is 0 Å². The van der Waals surface area contributed by atoms with Crippen LogP contribution in [0.2, 0.25) is 0 Å².